The van der Waals surface area contributed by atoms with Gasteiger partial charge in [-0.3, -0.25) is 9.59 Å². The smallest absolute Gasteiger partial charge is 0.226 e. The normalized spacial score (nSPS) is 10.0. The zero-order valence-electron chi connectivity index (χ0n) is 12.7. The Morgan fingerprint density at radius 1 is 0.957 bits per heavy atom. The summed E-state index contributed by atoms with van der Waals surface area (Å²) in [5, 5.41) is 8.73. The quantitative estimate of drug-likeness (QED) is 0.717. The minimum atomic E-state index is -0.102. The zero-order chi connectivity index (χ0) is 16.7. The predicted octanol–water partition coefficient (Wildman–Crippen LogP) is 3.85. The van der Waals surface area contributed by atoms with Gasteiger partial charge in [-0.2, -0.15) is 0 Å². The van der Waals surface area contributed by atoms with Crippen LogP contribution in [0.5, 0.6) is 0 Å². The lowest BCUT2D eigenvalue weighted by Crippen LogP contribution is -2.16. The van der Waals surface area contributed by atoms with Crippen molar-refractivity contribution < 1.29 is 9.59 Å². The van der Waals surface area contributed by atoms with Crippen LogP contribution in [0.15, 0.2) is 53.0 Å². The molecule has 0 aliphatic carbocycles. The molecular formula is C17H18BrN3O2. The maximum absolute atomic E-state index is 11.9. The number of carbonyl (C=O) groups is 2. The zero-order valence-corrected chi connectivity index (χ0v) is 14.3. The van der Waals surface area contributed by atoms with Crippen LogP contribution in [0.1, 0.15) is 13.3 Å². The van der Waals surface area contributed by atoms with Crippen molar-refractivity contribution in [3.05, 3.63) is 53.0 Å². The van der Waals surface area contributed by atoms with Gasteiger partial charge in [0.25, 0.3) is 0 Å². The summed E-state index contributed by atoms with van der Waals surface area (Å²) < 4.78 is 0.856. The monoisotopic (exact) mass is 375 g/mol. The largest absolute Gasteiger partial charge is 0.385 e. The van der Waals surface area contributed by atoms with Crippen molar-refractivity contribution in [1.29, 1.82) is 0 Å². The van der Waals surface area contributed by atoms with Crippen LogP contribution in [0.4, 0.5) is 17.1 Å². The Kier molecular flexibility index (Phi) is 6.17. The fourth-order valence-electron chi connectivity index (χ4n) is 1.97. The fraction of sp³-hybridized carbons (Fsp3) is 0.176. The molecule has 23 heavy (non-hydrogen) atoms. The topological polar surface area (TPSA) is 70.2 Å². The average molecular weight is 376 g/mol. The SMILES string of the molecule is CC(=O)Nc1ccc(NCCC(=O)Nc2ccccc2Br)cc1. The second kappa shape index (κ2) is 8.33. The first-order valence-corrected chi connectivity index (χ1v) is 8.00. The van der Waals surface area contributed by atoms with Crippen molar-refractivity contribution in [2.75, 3.05) is 22.5 Å². The molecule has 0 aliphatic heterocycles. The van der Waals surface area contributed by atoms with E-state index in [9.17, 15) is 9.59 Å². The Hall–Kier alpha value is -2.34. The highest BCUT2D eigenvalue weighted by Crippen LogP contribution is 2.21. The van der Waals surface area contributed by atoms with Crippen molar-refractivity contribution in [2.24, 2.45) is 0 Å². The second-order valence-corrected chi connectivity index (χ2v) is 5.82. The molecule has 0 saturated heterocycles. The van der Waals surface area contributed by atoms with E-state index >= 15 is 0 Å². The Balaban J connectivity index is 1.77. The van der Waals surface area contributed by atoms with Gasteiger partial charge in [-0.1, -0.05) is 12.1 Å². The van der Waals surface area contributed by atoms with Crippen molar-refractivity contribution in [2.45, 2.75) is 13.3 Å². The molecule has 0 radical (unpaired) electrons. The first-order valence-electron chi connectivity index (χ1n) is 7.20. The average Bonchev–Trinajstić information content (AvgIpc) is 2.51. The van der Waals surface area contributed by atoms with E-state index in [1.807, 2.05) is 48.5 Å². The summed E-state index contributed by atoms with van der Waals surface area (Å²) in [5.41, 5.74) is 2.40. The summed E-state index contributed by atoms with van der Waals surface area (Å²) in [4.78, 5) is 22.9. The lowest BCUT2D eigenvalue weighted by atomic mass is 10.2. The molecule has 0 spiro atoms. The van der Waals surface area contributed by atoms with Crippen molar-refractivity contribution in [3.8, 4) is 0 Å². The number of benzene rings is 2. The molecule has 0 unspecified atom stereocenters. The molecule has 0 heterocycles. The molecule has 0 bridgehead atoms. The molecule has 2 aromatic rings. The third-order valence-electron chi connectivity index (χ3n) is 3.03. The van der Waals surface area contributed by atoms with Gasteiger partial charge in [0.05, 0.1) is 5.69 Å². The van der Waals surface area contributed by atoms with Crippen molar-refractivity contribution in [1.82, 2.24) is 0 Å². The molecule has 0 aliphatic rings. The molecule has 0 aromatic heterocycles. The molecule has 3 N–H and O–H groups in total. The Bertz CT molecular complexity index is 686. The van der Waals surface area contributed by atoms with Gasteiger partial charge in [0.1, 0.15) is 0 Å². The van der Waals surface area contributed by atoms with E-state index in [0.717, 1.165) is 21.5 Å². The van der Waals surface area contributed by atoms with Gasteiger partial charge in [0, 0.05) is 35.7 Å². The molecule has 0 atom stereocenters. The van der Waals surface area contributed by atoms with E-state index in [2.05, 4.69) is 31.9 Å². The third-order valence-corrected chi connectivity index (χ3v) is 3.73. The molecule has 2 rings (SSSR count). The lowest BCUT2D eigenvalue weighted by molar-refractivity contribution is -0.116. The highest BCUT2D eigenvalue weighted by Gasteiger charge is 2.04. The van der Waals surface area contributed by atoms with Crippen molar-refractivity contribution >= 4 is 44.8 Å². The Labute approximate surface area is 143 Å². The van der Waals surface area contributed by atoms with Crippen LogP contribution >= 0.6 is 15.9 Å². The minimum absolute atomic E-state index is 0.0562. The van der Waals surface area contributed by atoms with Gasteiger partial charge in [-0.25, -0.2) is 0 Å². The number of hydrogen-bond acceptors (Lipinski definition) is 3. The Morgan fingerprint density at radius 2 is 1.61 bits per heavy atom. The van der Waals surface area contributed by atoms with Crippen LogP contribution in [-0.2, 0) is 9.59 Å². The fourth-order valence-corrected chi connectivity index (χ4v) is 2.35. The number of carbonyl (C=O) groups excluding carboxylic acids is 2. The van der Waals surface area contributed by atoms with E-state index in [-0.39, 0.29) is 11.8 Å². The number of halogens is 1. The summed E-state index contributed by atoms with van der Waals surface area (Å²) in [7, 11) is 0. The summed E-state index contributed by atoms with van der Waals surface area (Å²) in [6.07, 6.45) is 0.356. The number of hydrogen-bond donors (Lipinski definition) is 3. The number of nitrogens with one attached hydrogen (secondary N) is 3. The molecule has 2 amide bonds. The molecule has 120 valence electrons. The van der Waals surface area contributed by atoms with Crippen LogP contribution in [0.2, 0.25) is 0 Å². The second-order valence-electron chi connectivity index (χ2n) is 4.96. The summed E-state index contributed by atoms with van der Waals surface area (Å²) >= 11 is 3.39. The highest BCUT2D eigenvalue weighted by molar-refractivity contribution is 9.10. The minimum Gasteiger partial charge on any atom is -0.385 e. The van der Waals surface area contributed by atoms with Crippen molar-refractivity contribution in [3.63, 3.8) is 0 Å². The van der Waals surface area contributed by atoms with E-state index in [1.54, 1.807) is 0 Å². The third kappa shape index (κ3) is 5.75. The highest BCUT2D eigenvalue weighted by atomic mass is 79.9. The standard InChI is InChI=1S/C17H18BrN3O2/c1-12(22)20-14-8-6-13(7-9-14)19-11-10-17(23)21-16-5-3-2-4-15(16)18/h2-9,19H,10-11H2,1H3,(H,20,22)(H,21,23). The molecule has 6 heteroatoms. The van der Waals surface area contributed by atoms with Crippen LogP contribution in [0, 0.1) is 0 Å². The van der Waals surface area contributed by atoms with Crippen LogP contribution in [0.3, 0.4) is 0 Å². The molecular weight excluding hydrogens is 358 g/mol. The molecule has 0 fully saturated rings. The number of rotatable bonds is 6. The molecule has 5 nitrogen and oxygen atoms in total. The number of amides is 2. The number of anilines is 3. The van der Waals surface area contributed by atoms with E-state index in [0.29, 0.717) is 13.0 Å². The number of para-hydroxylation sites is 1. The van der Waals surface area contributed by atoms with Crippen LogP contribution in [0.25, 0.3) is 0 Å². The van der Waals surface area contributed by atoms with Crippen LogP contribution in [-0.4, -0.2) is 18.4 Å². The van der Waals surface area contributed by atoms with E-state index in [1.165, 1.54) is 6.92 Å². The maximum Gasteiger partial charge on any atom is 0.226 e. The first-order chi connectivity index (χ1) is 11.0. The Morgan fingerprint density at radius 3 is 2.26 bits per heavy atom. The van der Waals surface area contributed by atoms with Gasteiger partial charge >= 0.3 is 0 Å². The van der Waals surface area contributed by atoms with Gasteiger partial charge in [0.15, 0.2) is 0 Å². The summed E-state index contributed by atoms with van der Waals surface area (Å²) in [5.74, 6) is -0.159. The molecule has 2 aromatic carbocycles. The van der Waals surface area contributed by atoms with Gasteiger partial charge in [0.2, 0.25) is 11.8 Å². The molecule has 0 saturated carbocycles. The predicted molar refractivity (Wildman–Crippen MR) is 96.6 cm³/mol. The maximum atomic E-state index is 11.9. The van der Waals surface area contributed by atoms with Gasteiger partial charge in [-0.15, -0.1) is 0 Å². The van der Waals surface area contributed by atoms with E-state index in [4.69, 9.17) is 0 Å². The van der Waals surface area contributed by atoms with Gasteiger partial charge < -0.3 is 16.0 Å². The first kappa shape index (κ1) is 17.0. The summed E-state index contributed by atoms with van der Waals surface area (Å²) in [6, 6.07) is 14.8. The summed E-state index contributed by atoms with van der Waals surface area (Å²) in [6.45, 7) is 1.99. The van der Waals surface area contributed by atoms with Crippen LogP contribution < -0.4 is 16.0 Å². The van der Waals surface area contributed by atoms with E-state index < -0.39 is 0 Å². The lowest BCUT2D eigenvalue weighted by Gasteiger charge is -2.09. The van der Waals surface area contributed by atoms with Gasteiger partial charge in [-0.05, 0) is 52.3 Å².